The van der Waals surface area contributed by atoms with Crippen LogP contribution in [0.4, 0.5) is 0 Å². The third-order valence-electron chi connectivity index (χ3n) is 3.60. The molecule has 0 aromatic carbocycles. The highest BCUT2D eigenvalue weighted by Gasteiger charge is 2.43. The first-order valence-corrected chi connectivity index (χ1v) is 6.45. The van der Waals surface area contributed by atoms with Crippen LogP contribution in [-0.4, -0.2) is 22.8 Å². The maximum atomic E-state index is 4.97. The van der Waals surface area contributed by atoms with Gasteiger partial charge in [-0.1, -0.05) is 19.3 Å². The van der Waals surface area contributed by atoms with Crippen LogP contribution in [0.2, 0.25) is 0 Å². The molecule has 0 spiro atoms. The molecule has 1 fully saturated rings. The van der Waals surface area contributed by atoms with E-state index in [4.69, 9.17) is 4.99 Å². The first-order chi connectivity index (χ1) is 7.42. The van der Waals surface area contributed by atoms with Gasteiger partial charge in [-0.15, -0.1) is 0 Å². The fourth-order valence-corrected chi connectivity index (χ4v) is 2.80. The quantitative estimate of drug-likeness (QED) is 0.646. The van der Waals surface area contributed by atoms with E-state index in [0.717, 1.165) is 0 Å². The van der Waals surface area contributed by atoms with Crippen molar-refractivity contribution in [1.29, 1.82) is 0 Å². The van der Waals surface area contributed by atoms with E-state index in [1.54, 1.807) is 0 Å². The summed E-state index contributed by atoms with van der Waals surface area (Å²) < 4.78 is 0. The van der Waals surface area contributed by atoms with Crippen molar-refractivity contribution in [3.63, 3.8) is 0 Å². The lowest BCUT2D eigenvalue weighted by Crippen LogP contribution is -2.39. The molecule has 0 radical (unpaired) electrons. The van der Waals surface area contributed by atoms with Crippen molar-refractivity contribution < 1.29 is 0 Å². The molecule has 1 heterocycles. The predicted octanol–water partition coefficient (Wildman–Crippen LogP) is 3.78. The zero-order chi connectivity index (χ0) is 11.8. The topological polar surface area (TPSA) is 37.1 Å². The van der Waals surface area contributed by atoms with Gasteiger partial charge < -0.3 is 0 Å². The molecule has 3 heteroatoms. The summed E-state index contributed by atoms with van der Waals surface area (Å²) in [6, 6.07) is 0.519. The number of nitrogens with zero attached hydrogens (tertiary/aromatic N) is 3. The van der Waals surface area contributed by atoms with Gasteiger partial charge in [-0.05, 0) is 40.5 Å². The molecule has 0 bridgehead atoms. The predicted molar refractivity (Wildman–Crippen MR) is 67.3 cm³/mol. The molecule has 1 aliphatic carbocycles. The Morgan fingerprint density at radius 3 is 1.94 bits per heavy atom. The van der Waals surface area contributed by atoms with Gasteiger partial charge in [0.15, 0.2) is 0 Å². The van der Waals surface area contributed by atoms with Crippen molar-refractivity contribution in [1.82, 2.24) is 0 Å². The minimum Gasteiger partial charge on any atom is -0.286 e. The molecule has 90 valence electrons. The van der Waals surface area contributed by atoms with Crippen molar-refractivity contribution in [2.45, 2.75) is 76.9 Å². The van der Waals surface area contributed by atoms with Gasteiger partial charge in [0.25, 0.3) is 0 Å². The summed E-state index contributed by atoms with van der Waals surface area (Å²) >= 11 is 0. The summed E-state index contributed by atoms with van der Waals surface area (Å²) in [6.45, 7) is 8.47. The molecule has 0 unspecified atom stereocenters. The number of aliphatic imine (C=N–C) groups is 1. The molecular formula is C13H23N3. The van der Waals surface area contributed by atoms with E-state index in [-0.39, 0.29) is 11.1 Å². The lowest BCUT2D eigenvalue weighted by atomic mass is 9.86. The Balaban J connectivity index is 2.20. The molecule has 0 aromatic rings. The van der Waals surface area contributed by atoms with Gasteiger partial charge in [0.05, 0.1) is 11.8 Å². The summed E-state index contributed by atoms with van der Waals surface area (Å²) in [7, 11) is 0. The highest BCUT2D eigenvalue weighted by atomic mass is 15.3. The minimum absolute atomic E-state index is 0.194. The molecule has 16 heavy (non-hydrogen) atoms. The van der Waals surface area contributed by atoms with Crippen molar-refractivity contribution in [2.24, 2.45) is 15.2 Å². The van der Waals surface area contributed by atoms with E-state index in [1.165, 1.54) is 37.8 Å². The first-order valence-electron chi connectivity index (χ1n) is 6.45. The van der Waals surface area contributed by atoms with E-state index >= 15 is 0 Å². The summed E-state index contributed by atoms with van der Waals surface area (Å²) in [5, 5.41) is 8.72. The van der Waals surface area contributed by atoms with Crippen molar-refractivity contribution in [2.75, 3.05) is 0 Å². The molecule has 3 nitrogen and oxygen atoms in total. The maximum Gasteiger partial charge on any atom is 0.116 e. The second-order valence-electron chi connectivity index (χ2n) is 6.09. The SMILES string of the molecule is CC1(C)N=NC(C)(C)C1=NC1CCCCC1. The average Bonchev–Trinajstić information content (AvgIpc) is 2.43. The molecule has 2 rings (SSSR count). The van der Waals surface area contributed by atoms with Gasteiger partial charge >= 0.3 is 0 Å². The average molecular weight is 221 g/mol. The van der Waals surface area contributed by atoms with E-state index in [9.17, 15) is 0 Å². The Hall–Kier alpha value is -0.730. The Morgan fingerprint density at radius 1 is 0.938 bits per heavy atom. The van der Waals surface area contributed by atoms with Gasteiger partial charge in [-0.2, -0.15) is 10.2 Å². The Labute approximate surface area is 98.4 Å². The van der Waals surface area contributed by atoms with E-state index in [1.807, 2.05) is 0 Å². The summed E-state index contributed by atoms with van der Waals surface area (Å²) in [6.07, 6.45) is 6.53. The number of hydrogen-bond donors (Lipinski definition) is 0. The lowest BCUT2D eigenvalue weighted by molar-refractivity contribution is 0.439. The summed E-state index contributed by atoms with van der Waals surface area (Å²) in [5.74, 6) is 0. The van der Waals surface area contributed by atoms with Crippen LogP contribution >= 0.6 is 0 Å². The van der Waals surface area contributed by atoms with Gasteiger partial charge in [-0.3, -0.25) is 4.99 Å². The van der Waals surface area contributed by atoms with Gasteiger partial charge in [0.2, 0.25) is 0 Å². The zero-order valence-corrected chi connectivity index (χ0v) is 11.0. The number of azo groups is 1. The van der Waals surface area contributed by atoms with E-state index in [0.29, 0.717) is 6.04 Å². The molecule has 2 aliphatic rings. The minimum atomic E-state index is -0.194. The lowest BCUT2D eigenvalue weighted by Gasteiger charge is -2.26. The van der Waals surface area contributed by atoms with Gasteiger partial charge in [0.1, 0.15) is 11.1 Å². The molecular weight excluding hydrogens is 198 g/mol. The highest BCUT2D eigenvalue weighted by Crippen LogP contribution is 2.33. The van der Waals surface area contributed by atoms with E-state index in [2.05, 4.69) is 37.9 Å². The fraction of sp³-hybridized carbons (Fsp3) is 0.923. The van der Waals surface area contributed by atoms with Crippen molar-refractivity contribution in [3.05, 3.63) is 0 Å². The van der Waals surface area contributed by atoms with Crippen LogP contribution < -0.4 is 0 Å². The maximum absolute atomic E-state index is 4.97. The Bertz CT molecular complexity index is 300. The van der Waals surface area contributed by atoms with Crippen LogP contribution in [0.5, 0.6) is 0 Å². The highest BCUT2D eigenvalue weighted by molar-refractivity contribution is 6.01. The van der Waals surface area contributed by atoms with Crippen LogP contribution in [0.25, 0.3) is 0 Å². The standard InChI is InChI=1S/C13H23N3/c1-12(2)11(13(3,4)16-15-12)14-10-8-6-5-7-9-10/h10H,5-9H2,1-4H3. The van der Waals surface area contributed by atoms with Gasteiger partial charge in [0, 0.05) is 0 Å². The smallest absolute Gasteiger partial charge is 0.116 e. The van der Waals surface area contributed by atoms with Gasteiger partial charge in [-0.25, -0.2) is 0 Å². The van der Waals surface area contributed by atoms with Crippen LogP contribution in [0.15, 0.2) is 15.2 Å². The second-order valence-corrected chi connectivity index (χ2v) is 6.09. The molecule has 0 amide bonds. The fourth-order valence-electron chi connectivity index (χ4n) is 2.80. The number of rotatable bonds is 1. The molecule has 0 atom stereocenters. The van der Waals surface area contributed by atoms with Crippen LogP contribution in [0.3, 0.4) is 0 Å². The van der Waals surface area contributed by atoms with Crippen molar-refractivity contribution >= 4 is 5.71 Å². The van der Waals surface area contributed by atoms with Crippen molar-refractivity contribution in [3.8, 4) is 0 Å². The Kier molecular flexibility index (Phi) is 2.89. The summed E-state index contributed by atoms with van der Waals surface area (Å²) in [4.78, 5) is 4.97. The third kappa shape index (κ3) is 2.18. The molecule has 0 aromatic heterocycles. The molecule has 0 N–H and O–H groups in total. The molecule has 1 saturated carbocycles. The molecule has 1 aliphatic heterocycles. The third-order valence-corrected chi connectivity index (χ3v) is 3.60. The largest absolute Gasteiger partial charge is 0.286 e. The monoisotopic (exact) mass is 221 g/mol. The molecule has 0 saturated heterocycles. The Morgan fingerprint density at radius 2 is 1.44 bits per heavy atom. The van der Waals surface area contributed by atoms with Crippen LogP contribution in [0, 0.1) is 0 Å². The van der Waals surface area contributed by atoms with Crippen LogP contribution in [0.1, 0.15) is 59.8 Å². The normalized spacial score (nSPS) is 28.4. The zero-order valence-electron chi connectivity index (χ0n) is 11.0. The van der Waals surface area contributed by atoms with E-state index < -0.39 is 0 Å². The number of hydrogen-bond acceptors (Lipinski definition) is 3. The second kappa shape index (κ2) is 3.94. The first kappa shape index (κ1) is 11.7. The summed E-state index contributed by atoms with van der Waals surface area (Å²) in [5.41, 5.74) is 0.786. The van der Waals surface area contributed by atoms with Crippen LogP contribution in [-0.2, 0) is 0 Å².